The summed E-state index contributed by atoms with van der Waals surface area (Å²) in [7, 11) is 0. The number of aliphatic hydroxyl groups excluding tert-OH is 1. The smallest absolute Gasteiger partial charge is 0.245 e. The summed E-state index contributed by atoms with van der Waals surface area (Å²) >= 11 is 6.59. The zero-order valence-electron chi connectivity index (χ0n) is 20.3. The fourth-order valence-corrected chi connectivity index (χ4v) is 5.11. The molecular weight excluding hydrogens is 462 g/mol. The fraction of sp³-hybridized carbons (Fsp3) is 0.370. The summed E-state index contributed by atoms with van der Waals surface area (Å²) in [5.41, 5.74) is 5.69. The third-order valence-corrected chi connectivity index (χ3v) is 6.96. The van der Waals surface area contributed by atoms with Crippen LogP contribution in [-0.2, 0) is 11.4 Å². The zero-order valence-corrected chi connectivity index (χ0v) is 21.1. The van der Waals surface area contributed by atoms with Gasteiger partial charge in [-0.1, -0.05) is 43.8 Å². The number of benzene rings is 1. The van der Waals surface area contributed by atoms with Crippen molar-refractivity contribution in [2.24, 2.45) is 0 Å². The molecule has 7 nitrogen and oxygen atoms in total. The Hall–Kier alpha value is -3.16. The van der Waals surface area contributed by atoms with Crippen LogP contribution in [-0.4, -0.2) is 54.9 Å². The van der Waals surface area contributed by atoms with Gasteiger partial charge in [0.1, 0.15) is 5.69 Å². The highest BCUT2D eigenvalue weighted by Crippen LogP contribution is 2.34. The van der Waals surface area contributed by atoms with Gasteiger partial charge in [-0.15, -0.1) is 11.6 Å². The highest BCUT2D eigenvalue weighted by molar-refractivity contribution is 6.23. The summed E-state index contributed by atoms with van der Waals surface area (Å²) < 4.78 is 2.11. The molecule has 0 atom stereocenters. The second-order valence-electron chi connectivity index (χ2n) is 8.79. The van der Waals surface area contributed by atoms with Gasteiger partial charge in [0.2, 0.25) is 5.91 Å². The number of carbonyl (C=O) groups is 1. The summed E-state index contributed by atoms with van der Waals surface area (Å²) in [4.78, 5) is 13.9. The SMILES string of the molecule is C=CC(=O)N1CCC(n2nc(-c3ccc(CO)cc3)c(/C(CCl)=c3\cn[nH]\c3=C\CC)c2C)CC1. The van der Waals surface area contributed by atoms with Crippen molar-refractivity contribution in [1.82, 2.24) is 24.9 Å². The average molecular weight is 494 g/mol. The van der Waals surface area contributed by atoms with Crippen LogP contribution in [0.15, 0.2) is 43.1 Å². The molecule has 8 heteroatoms. The standard InChI is InChI=1S/C27H32ClN5O2/c1-4-6-24-23(16-29-30-24)22(15-28)26-18(3)33(21-11-13-32(14-12-21)25(35)5-2)31-27(26)20-9-7-19(17-34)8-10-20/h5-10,16,21,30,34H,2,4,11-15,17H2,1,3H3/b23-22+,24-6+. The quantitative estimate of drug-likeness (QED) is 0.391. The molecule has 1 amide bonds. The van der Waals surface area contributed by atoms with Crippen LogP contribution in [0.2, 0.25) is 0 Å². The van der Waals surface area contributed by atoms with Crippen molar-refractivity contribution in [2.45, 2.75) is 45.8 Å². The van der Waals surface area contributed by atoms with Gasteiger partial charge in [-0.3, -0.25) is 14.6 Å². The highest BCUT2D eigenvalue weighted by Gasteiger charge is 2.28. The molecule has 184 valence electrons. The lowest BCUT2D eigenvalue weighted by atomic mass is 9.97. The van der Waals surface area contributed by atoms with Gasteiger partial charge in [-0.2, -0.15) is 10.2 Å². The number of halogens is 1. The number of hydrogen-bond donors (Lipinski definition) is 2. The van der Waals surface area contributed by atoms with Gasteiger partial charge in [0.25, 0.3) is 0 Å². The molecule has 0 spiro atoms. The number of carbonyl (C=O) groups excluding carboxylic acids is 1. The Morgan fingerprint density at radius 2 is 2.00 bits per heavy atom. The summed E-state index contributed by atoms with van der Waals surface area (Å²) in [6, 6.07) is 8.00. The number of hydrogen-bond acceptors (Lipinski definition) is 4. The molecule has 0 saturated carbocycles. The Morgan fingerprint density at radius 3 is 2.60 bits per heavy atom. The van der Waals surface area contributed by atoms with E-state index in [0.29, 0.717) is 19.0 Å². The third-order valence-electron chi connectivity index (χ3n) is 6.69. The summed E-state index contributed by atoms with van der Waals surface area (Å²) in [6.07, 6.45) is 7.83. The van der Waals surface area contributed by atoms with Crippen LogP contribution in [0.25, 0.3) is 22.9 Å². The molecular formula is C27H32ClN5O2. The predicted molar refractivity (Wildman–Crippen MR) is 139 cm³/mol. The van der Waals surface area contributed by atoms with E-state index in [9.17, 15) is 9.90 Å². The Balaban J connectivity index is 1.87. The number of aromatic amines is 1. The average Bonchev–Trinajstić information content (AvgIpc) is 3.49. The Morgan fingerprint density at radius 1 is 1.29 bits per heavy atom. The first-order valence-corrected chi connectivity index (χ1v) is 12.6. The Labute approximate surface area is 210 Å². The van der Waals surface area contributed by atoms with Gasteiger partial charge in [0.05, 0.1) is 24.2 Å². The number of aromatic nitrogens is 4. The molecule has 3 heterocycles. The van der Waals surface area contributed by atoms with Crippen molar-refractivity contribution in [3.05, 3.63) is 70.5 Å². The molecule has 0 unspecified atom stereocenters. The van der Waals surface area contributed by atoms with Crippen molar-refractivity contribution in [3.8, 4) is 11.3 Å². The molecule has 0 radical (unpaired) electrons. The van der Waals surface area contributed by atoms with E-state index in [-0.39, 0.29) is 18.6 Å². The second-order valence-corrected chi connectivity index (χ2v) is 9.06. The molecule has 0 aliphatic carbocycles. The molecule has 3 aromatic rings. The molecule has 0 bridgehead atoms. The lowest BCUT2D eigenvalue weighted by molar-refractivity contribution is -0.127. The van der Waals surface area contributed by atoms with Crippen molar-refractivity contribution < 1.29 is 9.90 Å². The van der Waals surface area contributed by atoms with E-state index in [4.69, 9.17) is 16.7 Å². The maximum absolute atomic E-state index is 12.1. The second kappa shape index (κ2) is 11.1. The van der Waals surface area contributed by atoms with Crippen LogP contribution in [0, 0.1) is 6.92 Å². The van der Waals surface area contributed by atoms with Gasteiger partial charge in [0, 0.05) is 41.0 Å². The highest BCUT2D eigenvalue weighted by atomic mass is 35.5. The maximum atomic E-state index is 12.1. The first kappa shape index (κ1) is 24.9. The van der Waals surface area contributed by atoms with E-state index >= 15 is 0 Å². The zero-order chi connectivity index (χ0) is 24.9. The molecule has 2 aromatic heterocycles. The van der Waals surface area contributed by atoms with Crippen LogP contribution in [0.1, 0.15) is 49.0 Å². The number of nitrogens with zero attached hydrogens (tertiary/aromatic N) is 4. The summed E-state index contributed by atoms with van der Waals surface area (Å²) in [5.74, 6) is 0.286. The molecule has 2 N–H and O–H groups in total. The molecule has 4 rings (SSSR count). The van der Waals surface area contributed by atoms with Gasteiger partial charge >= 0.3 is 0 Å². The van der Waals surface area contributed by atoms with E-state index < -0.39 is 0 Å². The monoisotopic (exact) mass is 493 g/mol. The van der Waals surface area contributed by atoms with E-state index in [1.807, 2.05) is 35.4 Å². The van der Waals surface area contributed by atoms with Crippen LogP contribution < -0.4 is 10.6 Å². The van der Waals surface area contributed by atoms with Crippen LogP contribution in [0.5, 0.6) is 0 Å². The lowest BCUT2D eigenvalue weighted by Crippen LogP contribution is -2.38. The number of aliphatic hydroxyl groups is 1. The van der Waals surface area contributed by atoms with Crippen LogP contribution in [0.4, 0.5) is 0 Å². The number of likely N-dealkylation sites (tertiary alicyclic amines) is 1. The van der Waals surface area contributed by atoms with Gasteiger partial charge in [-0.25, -0.2) is 0 Å². The molecule has 1 fully saturated rings. The number of rotatable bonds is 7. The number of amides is 1. The van der Waals surface area contributed by atoms with E-state index in [0.717, 1.165) is 63.5 Å². The molecule has 1 aromatic carbocycles. The third kappa shape index (κ3) is 4.97. The minimum atomic E-state index is -0.0246. The minimum absolute atomic E-state index is 0.00705. The topological polar surface area (TPSA) is 87.0 Å². The summed E-state index contributed by atoms with van der Waals surface area (Å²) in [5, 5.41) is 23.9. The largest absolute Gasteiger partial charge is 0.392 e. The van der Waals surface area contributed by atoms with Crippen molar-refractivity contribution in [3.63, 3.8) is 0 Å². The molecule has 35 heavy (non-hydrogen) atoms. The summed E-state index contributed by atoms with van der Waals surface area (Å²) in [6.45, 7) is 9.13. The van der Waals surface area contributed by atoms with Gasteiger partial charge in [0.15, 0.2) is 0 Å². The van der Waals surface area contributed by atoms with Crippen molar-refractivity contribution in [2.75, 3.05) is 19.0 Å². The van der Waals surface area contributed by atoms with Crippen LogP contribution in [0.3, 0.4) is 0 Å². The first-order chi connectivity index (χ1) is 17.0. The molecule has 1 aliphatic heterocycles. The number of piperidine rings is 1. The van der Waals surface area contributed by atoms with Crippen LogP contribution >= 0.6 is 11.6 Å². The fourth-order valence-electron chi connectivity index (χ4n) is 4.84. The van der Waals surface area contributed by atoms with E-state index in [2.05, 4.69) is 41.4 Å². The minimum Gasteiger partial charge on any atom is -0.392 e. The number of H-pyrrole nitrogens is 1. The van der Waals surface area contributed by atoms with Crippen molar-refractivity contribution >= 4 is 29.2 Å². The maximum Gasteiger partial charge on any atom is 0.245 e. The lowest BCUT2D eigenvalue weighted by Gasteiger charge is -2.32. The number of nitrogens with one attached hydrogen (secondary N) is 1. The first-order valence-electron chi connectivity index (χ1n) is 12.0. The Bertz CT molecular complexity index is 1310. The van der Waals surface area contributed by atoms with E-state index in [1.165, 1.54) is 6.08 Å². The van der Waals surface area contributed by atoms with Gasteiger partial charge < -0.3 is 10.0 Å². The van der Waals surface area contributed by atoms with E-state index in [1.54, 1.807) is 0 Å². The normalized spacial score (nSPS) is 16.0. The molecule has 1 aliphatic rings. The van der Waals surface area contributed by atoms with Gasteiger partial charge in [-0.05, 0) is 43.4 Å². The Kier molecular flexibility index (Phi) is 7.88. The molecule has 1 saturated heterocycles. The number of alkyl halides is 1. The van der Waals surface area contributed by atoms with Crippen molar-refractivity contribution in [1.29, 1.82) is 0 Å². The predicted octanol–water partition coefficient (Wildman–Crippen LogP) is 3.05.